The van der Waals surface area contributed by atoms with Gasteiger partial charge in [0.2, 0.25) is 5.91 Å². The second-order valence-electron chi connectivity index (χ2n) is 8.96. The summed E-state index contributed by atoms with van der Waals surface area (Å²) < 4.78 is 46.0. The van der Waals surface area contributed by atoms with Crippen LogP contribution >= 0.6 is 0 Å². The lowest BCUT2D eigenvalue weighted by molar-refractivity contribution is -0.137. The Morgan fingerprint density at radius 2 is 1.81 bits per heavy atom. The highest BCUT2D eigenvalue weighted by atomic mass is 19.4. The summed E-state index contributed by atoms with van der Waals surface area (Å²) in [5.74, 6) is 0.262. The molecule has 1 aliphatic rings. The van der Waals surface area contributed by atoms with Crippen molar-refractivity contribution in [1.29, 1.82) is 0 Å². The van der Waals surface area contributed by atoms with Gasteiger partial charge in [-0.2, -0.15) is 13.2 Å². The number of nitrogens with zero attached hydrogens (tertiary/aromatic N) is 1. The third-order valence-electron chi connectivity index (χ3n) is 6.50. The Labute approximate surface area is 205 Å². The molecule has 2 N–H and O–H groups in total. The van der Waals surface area contributed by atoms with Crippen molar-refractivity contribution in [3.05, 3.63) is 89.5 Å². The van der Waals surface area contributed by atoms with Gasteiger partial charge in [-0.15, -0.1) is 0 Å². The van der Waals surface area contributed by atoms with E-state index in [0.29, 0.717) is 22.7 Å². The van der Waals surface area contributed by atoms with Gasteiger partial charge in [-0.3, -0.25) is 9.59 Å². The number of carbonyl (C=O) groups is 2. The first-order valence-electron chi connectivity index (χ1n) is 11.7. The molecule has 5 rings (SSSR count). The third-order valence-corrected chi connectivity index (χ3v) is 6.50. The Morgan fingerprint density at radius 1 is 1.03 bits per heavy atom. The maximum absolute atomic E-state index is 13.1. The molecule has 4 aromatic rings. The summed E-state index contributed by atoms with van der Waals surface area (Å²) in [6.45, 7) is 0.384. The fourth-order valence-electron chi connectivity index (χ4n) is 4.27. The number of furan rings is 1. The molecular weight excluding hydrogens is 471 g/mol. The van der Waals surface area contributed by atoms with Gasteiger partial charge < -0.3 is 19.6 Å². The number of halogens is 3. The van der Waals surface area contributed by atoms with Crippen molar-refractivity contribution < 1.29 is 27.2 Å². The maximum Gasteiger partial charge on any atom is 0.416 e. The maximum atomic E-state index is 13.1. The molecule has 1 saturated carbocycles. The molecule has 2 amide bonds. The zero-order chi connectivity index (χ0) is 25.3. The molecule has 2 heterocycles. The second-order valence-corrected chi connectivity index (χ2v) is 8.96. The minimum absolute atomic E-state index is 0.0128. The molecule has 0 aliphatic heterocycles. The number of hydrogen-bond donors (Lipinski definition) is 2. The molecule has 0 atom stereocenters. The molecule has 6 nitrogen and oxygen atoms in total. The molecule has 0 unspecified atom stereocenters. The lowest BCUT2D eigenvalue weighted by Crippen LogP contribution is -2.27. The minimum Gasteiger partial charge on any atom is -0.467 e. The van der Waals surface area contributed by atoms with E-state index in [-0.39, 0.29) is 30.8 Å². The monoisotopic (exact) mass is 495 g/mol. The van der Waals surface area contributed by atoms with Gasteiger partial charge in [-0.1, -0.05) is 18.6 Å². The largest absolute Gasteiger partial charge is 0.467 e. The van der Waals surface area contributed by atoms with Gasteiger partial charge in [-0.25, -0.2) is 0 Å². The average Bonchev–Trinajstić information content (AvgIpc) is 3.44. The Kier molecular flexibility index (Phi) is 6.30. The zero-order valence-corrected chi connectivity index (χ0v) is 19.3. The summed E-state index contributed by atoms with van der Waals surface area (Å²) in [7, 11) is 0. The summed E-state index contributed by atoms with van der Waals surface area (Å²) in [4.78, 5) is 25.5. The van der Waals surface area contributed by atoms with E-state index >= 15 is 0 Å². The van der Waals surface area contributed by atoms with Crippen LogP contribution in [0.2, 0.25) is 0 Å². The molecule has 2 aromatic heterocycles. The summed E-state index contributed by atoms with van der Waals surface area (Å²) >= 11 is 0. The predicted octanol–water partition coefficient (Wildman–Crippen LogP) is 5.97. The predicted molar refractivity (Wildman–Crippen MR) is 128 cm³/mol. The summed E-state index contributed by atoms with van der Waals surface area (Å²) in [5.41, 5.74) is 1.59. The minimum atomic E-state index is -4.42. The van der Waals surface area contributed by atoms with Crippen LogP contribution in [0.15, 0.2) is 71.3 Å². The van der Waals surface area contributed by atoms with Gasteiger partial charge in [0, 0.05) is 29.1 Å². The van der Waals surface area contributed by atoms with Gasteiger partial charge in [-0.05, 0) is 66.9 Å². The van der Waals surface area contributed by atoms with E-state index in [1.165, 1.54) is 18.4 Å². The molecule has 0 saturated heterocycles. The van der Waals surface area contributed by atoms with Crippen molar-refractivity contribution in [2.45, 2.75) is 38.5 Å². The van der Waals surface area contributed by atoms with E-state index in [2.05, 4.69) is 10.6 Å². The van der Waals surface area contributed by atoms with Crippen molar-refractivity contribution in [2.24, 2.45) is 5.92 Å². The number of hydrogen-bond acceptors (Lipinski definition) is 3. The number of nitrogens with one attached hydrogen (secondary N) is 2. The van der Waals surface area contributed by atoms with Gasteiger partial charge in [0.1, 0.15) is 11.5 Å². The normalized spacial score (nSPS) is 14.0. The molecule has 0 spiro atoms. The van der Waals surface area contributed by atoms with Gasteiger partial charge in [0.25, 0.3) is 5.91 Å². The number of anilines is 1. The van der Waals surface area contributed by atoms with E-state index in [0.717, 1.165) is 42.3 Å². The van der Waals surface area contributed by atoms with Crippen LogP contribution in [-0.4, -0.2) is 16.4 Å². The van der Waals surface area contributed by atoms with Crippen molar-refractivity contribution in [1.82, 2.24) is 9.88 Å². The first-order valence-corrected chi connectivity index (χ1v) is 11.7. The van der Waals surface area contributed by atoms with E-state index < -0.39 is 11.7 Å². The zero-order valence-electron chi connectivity index (χ0n) is 19.3. The van der Waals surface area contributed by atoms with Crippen LogP contribution in [0.25, 0.3) is 10.9 Å². The highest BCUT2D eigenvalue weighted by molar-refractivity contribution is 6.01. The van der Waals surface area contributed by atoms with Gasteiger partial charge in [0.15, 0.2) is 0 Å². The number of alkyl halides is 3. The quantitative estimate of drug-likeness (QED) is 0.332. The highest BCUT2D eigenvalue weighted by Crippen LogP contribution is 2.31. The SMILES string of the molecule is O=C(NCc1ccco1)c1cc2cc(NC(=O)C3CCC3)ccc2n1Cc1ccc(C(F)(F)F)cc1. The van der Waals surface area contributed by atoms with E-state index in [1.54, 1.807) is 41.0 Å². The Bertz CT molecular complexity index is 1390. The first-order chi connectivity index (χ1) is 17.3. The van der Waals surface area contributed by atoms with Crippen LogP contribution in [0, 0.1) is 5.92 Å². The number of amides is 2. The number of fused-ring (bicyclic) bond motifs is 1. The van der Waals surface area contributed by atoms with Crippen LogP contribution in [0.1, 0.15) is 46.6 Å². The lowest BCUT2D eigenvalue weighted by atomic mass is 9.85. The summed E-state index contributed by atoms with van der Waals surface area (Å²) in [5, 5.41) is 6.50. The van der Waals surface area contributed by atoms with E-state index in [9.17, 15) is 22.8 Å². The molecule has 1 fully saturated rings. The smallest absolute Gasteiger partial charge is 0.416 e. The van der Waals surface area contributed by atoms with Crippen LogP contribution in [0.4, 0.5) is 18.9 Å². The number of aromatic nitrogens is 1. The molecule has 9 heteroatoms. The van der Waals surface area contributed by atoms with Crippen LogP contribution in [0.5, 0.6) is 0 Å². The molecular formula is C27H24F3N3O3. The average molecular weight is 496 g/mol. The van der Waals surface area contributed by atoms with Crippen LogP contribution in [-0.2, 0) is 24.1 Å². The molecule has 36 heavy (non-hydrogen) atoms. The molecule has 186 valence electrons. The summed E-state index contributed by atoms with van der Waals surface area (Å²) in [6.07, 6.45) is -0.0754. The van der Waals surface area contributed by atoms with Gasteiger partial charge >= 0.3 is 6.18 Å². The van der Waals surface area contributed by atoms with Crippen LogP contribution < -0.4 is 10.6 Å². The molecule has 2 aromatic carbocycles. The van der Waals surface area contributed by atoms with Crippen molar-refractivity contribution >= 4 is 28.4 Å². The van der Waals surface area contributed by atoms with E-state index in [1.807, 2.05) is 0 Å². The van der Waals surface area contributed by atoms with Crippen molar-refractivity contribution in [3.8, 4) is 0 Å². The molecule has 0 bridgehead atoms. The fraction of sp³-hybridized carbons (Fsp3) is 0.259. The fourth-order valence-corrected chi connectivity index (χ4v) is 4.27. The van der Waals surface area contributed by atoms with Gasteiger partial charge in [0.05, 0.1) is 18.4 Å². The van der Waals surface area contributed by atoms with Crippen LogP contribution in [0.3, 0.4) is 0 Å². The Morgan fingerprint density at radius 3 is 2.44 bits per heavy atom. The number of benzene rings is 2. The van der Waals surface area contributed by atoms with E-state index in [4.69, 9.17) is 4.42 Å². The van der Waals surface area contributed by atoms with Crippen molar-refractivity contribution in [2.75, 3.05) is 5.32 Å². The Hall–Kier alpha value is -4.01. The highest BCUT2D eigenvalue weighted by Gasteiger charge is 2.30. The number of rotatable bonds is 7. The molecule has 0 radical (unpaired) electrons. The summed E-state index contributed by atoms with van der Waals surface area (Å²) in [6, 6.07) is 15.5. The lowest BCUT2D eigenvalue weighted by Gasteiger charge is -2.24. The standard InChI is InChI=1S/C27H24F3N3O3/c28-27(29,30)20-8-6-17(7-9-20)16-33-23-11-10-21(32-25(34)18-3-1-4-18)13-19(23)14-24(33)26(35)31-15-22-5-2-12-36-22/h2,5-14,18H,1,3-4,15-16H2,(H,31,35)(H,32,34). The number of carbonyl (C=O) groups excluding carboxylic acids is 2. The first kappa shape index (κ1) is 23.7. The second kappa shape index (κ2) is 9.56. The van der Waals surface area contributed by atoms with Crippen molar-refractivity contribution in [3.63, 3.8) is 0 Å². The molecule has 1 aliphatic carbocycles. The third kappa shape index (κ3) is 5.00. The Balaban J connectivity index is 1.45. The topological polar surface area (TPSA) is 76.3 Å².